The Balaban J connectivity index is 0. The molecule has 0 aromatic heterocycles. The highest BCUT2D eigenvalue weighted by Crippen LogP contribution is 2.21. The lowest BCUT2D eigenvalue weighted by atomic mass is 9.91. The zero-order valence-corrected chi connectivity index (χ0v) is 21.4. The predicted molar refractivity (Wildman–Crippen MR) is 121 cm³/mol. The van der Waals surface area contributed by atoms with E-state index in [0.29, 0.717) is 26.4 Å². The van der Waals surface area contributed by atoms with E-state index < -0.39 is 12.3 Å². The van der Waals surface area contributed by atoms with Gasteiger partial charge in [0, 0.05) is 6.42 Å². The molecule has 10 nitrogen and oxygen atoms in total. The fourth-order valence-corrected chi connectivity index (χ4v) is 1.81. The van der Waals surface area contributed by atoms with Crippen LogP contribution in [-0.4, -0.2) is 64.9 Å². The summed E-state index contributed by atoms with van der Waals surface area (Å²) in [7, 11) is 2.83. The lowest BCUT2D eigenvalue weighted by Gasteiger charge is -2.17. The minimum Gasteiger partial charge on any atom is -0.469 e. The van der Waals surface area contributed by atoms with E-state index in [1.54, 1.807) is 0 Å². The molecule has 2 aliphatic rings. The number of carbonyl (C=O) groups is 4. The van der Waals surface area contributed by atoms with Crippen LogP contribution in [0.4, 0.5) is 9.59 Å². The van der Waals surface area contributed by atoms with Gasteiger partial charge in [-0.2, -0.15) is 0 Å². The average molecular weight is 479 g/mol. The fraction of sp³-hybridized carbons (Fsp3) is 0.826. The van der Waals surface area contributed by atoms with Crippen LogP contribution in [-0.2, 0) is 38.0 Å². The van der Waals surface area contributed by atoms with Gasteiger partial charge >= 0.3 is 24.2 Å². The van der Waals surface area contributed by atoms with Gasteiger partial charge in [-0.15, -0.1) is 0 Å². The summed E-state index contributed by atoms with van der Waals surface area (Å²) in [5, 5.41) is 0. The highest BCUT2D eigenvalue weighted by molar-refractivity contribution is 5.75. The molecule has 0 radical (unpaired) electrons. The Hall–Kier alpha value is -2.52. The third-order valence-corrected chi connectivity index (χ3v) is 4.95. The van der Waals surface area contributed by atoms with Gasteiger partial charge in [0.05, 0.1) is 51.5 Å². The largest absolute Gasteiger partial charge is 0.508 e. The summed E-state index contributed by atoms with van der Waals surface area (Å²) in [6.07, 6.45) is 3.25. The molecule has 0 atom stereocenters. The number of ether oxygens (including phenoxy) is 6. The first-order chi connectivity index (χ1) is 15.4. The Morgan fingerprint density at radius 1 is 0.667 bits per heavy atom. The zero-order valence-electron chi connectivity index (χ0n) is 21.4. The predicted octanol–water partition coefficient (Wildman–Crippen LogP) is 4.67. The number of cyclic esters (lactones) is 4. The van der Waals surface area contributed by atoms with Crippen molar-refractivity contribution in [3.63, 3.8) is 0 Å². The molecule has 0 saturated carbocycles. The number of rotatable bonds is 4. The molecule has 10 heteroatoms. The van der Waals surface area contributed by atoms with Crippen LogP contribution in [0.3, 0.4) is 0 Å². The van der Waals surface area contributed by atoms with Crippen LogP contribution >= 0.6 is 0 Å². The minimum atomic E-state index is -0.536. The van der Waals surface area contributed by atoms with E-state index in [4.69, 9.17) is 0 Å². The lowest BCUT2D eigenvalue weighted by molar-refractivity contribution is -0.151. The van der Waals surface area contributed by atoms with Crippen molar-refractivity contribution in [2.75, 3.05) is 40.6 Å². The fourth-order valence-electron chi connectivity index (χ4n) is 1.81. The first-order valence-corrected chi connectivity index (χ1v) is 11.1. The van der Waals surface area contributed by atoms with E-state index in [9.17, 15) is 19.2 Å². The number of hydrogen-bond donors (Lipinski definition) is 0. The molecule has 0 aliphatic carbocycles. The lowest BCUT2D eigenvalue weighted by Crippen LogP contribution is -2.24. The molecule has 2 heterocycles. The van der Waals surface area contributed by atoms with Gasteiger partial charge in [0.15, 0.2) is 0 Å². The van der Waals surface area contributed by atoms with Crippen molar-refractivity contribution >= 4 is 24.2 Å². The smallest absolute Gasteiger partial charge is 0.469 e. The summed E-state index contributed by atoms with van der Waals surface area (Å²) in [5.41, 5.74) is -0.622. The quantitative estimate of drug-likeness (QED) is 0.416. The van der Waals surface area contributed by atoms with Gasteiger partial charge in [-0.25, -0.2) is 9.59 Å². The first kappa shape index (κ1) is 32.7. The van der Waals surface area contributed by atoms with E-state index in [0.717, 1.165) is 32.1 Å². The summed E-state index contributed by atoms with van der Waals surface area (Å²) in [6.45, 7) is 13.5. The molecule has 33 heavy (non-hydrogen) atoms. The molecule has 0 amide bonds. The molecule has 0 aromatic carbocycles. The monoisotopic (exact) mass is 478 g/mol. The summed E-state index contributed by atoms with van der Waals surface area (Å²) in [6, 6.07) is 0. The molecule has 2 saturated heterocycles. The van der Waals surface area contributed by atoms with Gasteiger partial charge < -0.3 is 28.4 Å². The minimum absolute atomic E-state index is 0.134. The van der Waals surface area contributed by atoms with Gasteiger partial charge in [0.25, 0.3) is 0 Å². The summed E-state index contributed by atoms with van der Waals surface area (Å²) >= 11 is 0. The van der Waals surface area contributed by atoms with Gasteiger partial charge in [0.2, 0.25) is 0 Å². The van der Waals surface area contributed by atoms with Crippen molar-refractivity contribution in [1.29, 1.82) is 0 Å². The zero-order chi connectivity index (χ0) is 25.9. The highest BCUT2D eigenvalue weighted by atomic mass is 16.7. The number of hydrogen-bond acceptors (Lipinski definition) is 10. The molecular weight excluding hydrogens is 436 g/mol. The van der Waals surface area contributed by atoms with E-state index in [-0.39, 0.29) is 22.8 Å². The highest BCUT2D eigenvalue weighted by Gasteiger charge is 2.26. The number of esters is 2. The number of carbonyl (C=O) groups excluding carboxylic acids is 4. The molecule has 0 unspecified atom stereocenters. The van der Waals surface area contributed by atoms with Crippen LogP contribution in [0.5, 0.6) is 0 Å². The maximum absolute atomic E-state index is 10.8. The molecule has 0 bridgehead atoms. The van der Waals surface area contributed by atoms with Crippen molar-refractivity contribution in [2.45, 2.75) is 73.6 Å². The van der Waals surface area contributed by atoms with Gasteiger partial charge in [-0.1, -0.05) is 13.8 Å². The van der Waals surface area contributed by atoms with Crippen molar-refractivity contribution in [3.05, 3.63) is 0 Å². The van der Waals surface area contributed by atoms with E-state index in [1.807, 2.05) is 41.5 Å². The summed E-state index contributed by atoms with van der Waals surface area (Å²) in [5.74, 6) is -0.269. The van der Waals surface area contributed by atoms with Crippen molar-refractivity contribution < 1.29 is 47.6 Å². The maximum Gasteiger partial charge on any atom is 0.508 e. The van der Waals surface area contributed by atoms with Crippen LogP contribution in [0.1, 0.15) is 73.6 Å². The van der Waals surface area contributed by atoms with Crippen LogP contribution < -0.4 is 0 Å². The standard InChI is InChI=1S/2C7H14O2.C5H8O3.C4H6O3/c2*1-5-7(2,3)6(8)9-4;6-5-7-3-1-2-4-8-5;5-4-6-2-1-3-7-4/h2*5H2,1-4H3;1-4H2;1-3H2. The molecule has 2 aliphatic heterocycles. The normalized spacial score (nSPS) is 15.4. The second-order valence-corrected chi connectivity index (χ2v) is 8.41. The summed E-state index contributed by atoms with van der Waals surface area (Å²) in [4.78, 5) is 41.9. The number of methoxy groups -OCH3 is 2. The second kappa shape index (κ2) is 18.0. The molecule has 2 rings (SSSR count). The van der Waals surface area contributed by atoms with E-state index in [1.165, 1.54) is 14.2 Å². The van der Waals surface area contributed by atoms with Crippen LogP contribution in [0, 0.1) is 10.8 Å². The SMILES string of the molecule is CCC(C)(C)C(=O)OC.CCC(C)(C)C(=O)OC.O=C1OCCCCO1.O=C1OCCCO1. The Labute approximate surface area is 197 Å². The Morgan fingerprint density at radius 3 is 1.12 bits per heavy atom. The Morgan fingerprint density at radius 2 is 0.939 bits per heavy atom. The molecular formula is C23H42O10. The molecule has 0 spiro atoms. The van der Waals surface area contributed by atoms with E-state index in [2.05, 4.69) is 28.4 Å². The van der Waals surface area contributed by atoms with Crippen LogP contribution in [0.25, 0.3) is 0 Å². The third kappa shape index (κ3) is 16.7. The maximum atomic E-state index is 10.8. The summed E-state index contributed by atoms with van der Waals surface area (Å²) < 4.78 is 27.1. The van der Waals surface area contributed by atoms with Crippen molar-refractivity contribution in [1.82, 2.24) is 0 Å². The van der Waals surface area contributed by atoms with Crippen LogP contribution in [0.2, 0.25) is 0 Å². The molecule has 0 N–H and O–H groups in total. The van der Waals surface area contributed by atoms with Crippen molar-refractivity contribution in [2.24, 2.45) is 10.8 Å². The molecule has 2 fully saturated rings. The molecule has 0 aromatic rings. The van der Waals surface area contributed by atoms with Gasteiger partial charge in [-0.05, 0) is 53.4 Å². The second-order valence-electron chi connectivity index (χ2n) is 8.41. The average Bonchev–Trinajstić information content (AvgIpc) is 3.07. The Bertz CT molecular complexity index is 538. The van der Waals surface area contributed by atoms with Crippen LogP contribution in [0.15, 0.2) is 0 Å². The first-order valence-electron chi connectivity index (χ1n) is 11.1. The topological polar surface area (TPSA) is 124 Å². The molecule has 194 valence electrons. The Kier molecular flexibility index (Phi) is 17.8. The van der Waals surface area contributed by atoms with Crippen molar-refractivity contribution in [3.8, 4) is 0 Å². The van der Waals surface area contributed by atoms with Gasteiger partial charge in [-0.3, -0.25) is 9.59 Å². The third-order valence-electron chi connectivity index (χ3n) is 4.95. The van der Waals surface area contributed by atoms with E-state index >= 15 is 0 Å². The van der Waals surface area contributed by atoms with Gasteiger partial charge in [0.1, 0.15) is 0 Å².